The lowest BCUT2D eigenvalue weighted by atomic mass is 10.1. The van der Waals surface area contributed by atoms with E-state index >= 15 is 0 Å². The van der Waals surface area contributed by atoms with Gasteiger partial charge in [0.15, 0.2) is 0 Å². The molecule has 0 spiro atoms. The normalized spacial score (nSPS) is 12.0. The van der Waals surface area contributed by atoms with Gasteiger partial charge in [0.25, 0.3) is 0 Å². The van der Waals surface area contributed by atoms with Crippen molar-refractivity contribution in [3.63, 3.8) is 0 Å². The van der Waals surface area contributed by atoms with Gasteiger partial charge in [-0.05, 0) is 47.4 Å². The highest BCUT2D eigenvalue weighted by molar-refractivity contribution is 7.89. The maximum Gasteiger partial charge on any atom is 0.240 e. The molecule has 0 heterocycles. The van der Waals surface area contributed by atoms with Crippen LogP contribution < -0.4 is 9.46 Å². The van der Waals surface area contributed by atoms with Gasteiger partial charge < -0.3 is 4.74 Å². The zero-order valence-electron chi connectivity index (χ0n) is 13.3. The van der Waals surface area contributed by atoms with E-state index in [1.165, 1.54) is 0 Å². The van der Waals surface area contributed by atoms with Gasteiger partial charge >= 0.3 is 0 Å². The molecule has 0 aliphatic heterocycles. The third-order valence-corrected chi connectivity index (χ3v) is 4.67. The molecule has 0 saturated heterocycles. The van der Waals surface area contributed by atoms with Crippen molar-refractivity contribution in [2.45, 2.75) is 32.1 Å². The van der Waals surface area contributed by atoms with Crippen LogP contribution in [-0.2, 0) is 10.0 Å². The quantitative estimate of drug-likeness (QED) is 0.848. The highest BCUT2D eigenvalue weighted by atomic mass is 32.2. The molecule has 2 rings (SSSR count). The Morgan fingerprint density at radius 3 is 2.45 bits per heavy atom. The molecule has 0 atom stereocenters. The monoisotopic (exact) mass is 321 g/mol. The number of ether oxygens (including phenoxy) is 1. The summed E-state index contributed by atoms with van der Waals surface area (Å²) in [7, 11) is -3.45. The summed E-state index contributed by atoms with van der Waals surface area (Å²) >= 11 is 0. The first kappa shape index (κ1) is 16.8. The fourth-order valence-electron chi connectivity index (χ4n) is 2.04. The second-order valence-electron chi connectivity index (χ2n) is 5.76. The zero-order valence-corrected chi connectivity index (χ0v) is 14.1. The highest BCUT2D eigenvalue weighted by Gasteiger charge is 2.14. The summed E-state index contributed by atoms with van der Waals surface area (Å²) in [5.41, 5.74) is 0. The number of rotatable bonds is 7. The standard InChI is InChI=1S/C17H23NO3S/c1-4-9-21-16-7-5-15-11-17(8-6-14(15)10-16)22(19,20)18-12-13(2)3/h5-8,10-11,13,18H,4,9,12H2,1-3H3. The van der Waals surface area contributed by atoms with Crippen LogP contribution in [-0.4, -0.2) is 21.6 Å². The minimum absolute atomic E-state index is 0.272. The Bertz CT molecular complexity index is 739. The fourth-order valence-corrected chi connectivity index (χ4v) is 3.29. The lowest BCUT2D eigenvalue weighted by Crippen LogP contribution is -2.27. The van der Waals surface area contributed by atoms with Crippen molar-refractivity contribution in [3.05, 3.63) is 36.4 Å². The van der Waals surface area contributed by atoms with Crippen molar-refractivity contribution in [2.24, 2.45) is 5.92 Å². The van der Waals surface area contributed by atoms with E-state index in [4.69, 9.17) is 4.74 Å². The van der Waals surface area contributed by atoms with Crippen LogP contribution in [0.4, 0.5) is 0 Å². The second-order valence-corrected chi connectivity index (χ2v) is 7.53. The molecular formula is C17H23NO3S. The van der Waals surface area contributed by atoms with E-state index < -0.39 is 10.0 Å². The number of benzene rings is 2. The van der Waals surface area contributed by atoms with Crippen molar-refractivity contribution >= 4 is 20.8 Å². The first-order valence-corrected chi connectivity index (χ1v) is 9.07. The average molecular weight is 321 g/mol. The molecule has 0 fully saturated rings. The predicted octanol–water partition coefficient (Wildman–Crippen LogP) is 3.56. The van der Waals surface area contributed by atoms with Crippen molar-refractivity contribution in [1.29, 1.82) is 0 Å². The molecule has 0 saturated carbocycles. The number of sulfonamides is 1. The Morgan fingerprint density at radius 1 is 1.09 bits per heavy atom. The molecule has 1 N–H and O–H groups in total. The molecule has 5 heteroatoms. The van der Waals surface area contributed by atoms with Gasteiger partial charge in [-0.15, -0.1) is 0 Å². The summed E-state index contributed by atoms with van der Waals surface area (Å²) in [4.78, 5) is 0.294. The van der Waals surface area contributed by atoms with Crippen LogP contribution in [0.15, 0.2) is 41.3 Å². The van der Waals surface area contributed by atoms with Gasteiger partial charge in [0, 0.05) is 6.54 Å². The molecule has 0 unspecified atom stereocenters. The van der Waals surface area contributed by atoms with Crippen LogP contribution in [0, 0.1) is 5.92 Å². The average Bonchev–Trinajstić information content (AvgIpc) is 2.50. The molecule has 22 heavy (non-hydrogen) atoms. The van der Waals surface area contributed by atoms with Gasteiger partial charge in [-0.2, -0.15) is 0 Å². The first-order chi connectivity index (χ1) is 10.4. The van der Waals surface area contributed by atoms with E-state index in [-0.39, 0.29) is 5.92 Å². The number of hydrogen-bond acceptors (Lipinski definition) is 3. The van der Waals surface area contributed by atoms with E-state index in [9.17, 15) is 8.42 Å². The fraction of sp³-hybridized carbons (Fsp3) is 0.412. The Kier molecular flexibility index (Phi) is 5.42. The van der Waals surface area contributed by atoms with Gasteiger partial charge in [-0.25, -0.2) is 13.1 Å². The Labute approximate surface area is 132 Å². The summed E-state index contributed by atoms with van der Waals surface area (Å²) in [6.45, 7) is 7.12. The maximum atomic E-state index is 12.3. The largest absolute Gasteiger partial charge is 0.494 e. The summed E-state index contributed by atoms with van der Waals surface area (Å²) in [6, 6.07) is 10.8. The van der Waals surface area contributed by atoms with Crippen LogP contribution in [0.5, 0.6) is 5.75 Å². The van der Waals surface area contributed by atoms with E-state index in [2.05, 4.69) is 11.6 Å². The third kappa shape index (κ3) is 4.21. The number of hydrogen-bond donors (Lipinski definition) is 1. The van der Waals surface area contributed by atoms with Crippen LogP contribution in [0.25, 0.3) is 10.8 Å². The minimum atomic E-state index is -3.45. The molecule has 0 amide bonds. The van der Waals surface area contributed by atoms with Crippen LogP contribution in [0.2, 0.25) is 0 Å². The lowest BCUT2D eigenvalue weighted by Gasteiger charge is -2.10. The summed E-state index contributed by atoms with van der Waals surface area (Å²) < 4.78 is 32.7. The van der Waals surface area contributed by atoms with E-state index in [1.807, 2.05) is 38.1 Å². The lowest BCUT2D eigenvalue weighted by molar-refractivity contribution is 0.318. The summed E-state index contributed by atoms with van der Waals surface area (Å²) in [5.74, 6) is 1.08. The SMILES string of the molecule is CCCOc1ccc2cc(S(=O)(=O)NCC(C)C)ccc2c1. The molecule has 0 aliphatic carbocycles. The third-order valence-electron chi connectivity index (χ3n) is 3.25. The Balaban J connectivity index is 2.27. The van der Waals surface area contributed by atoms with E-state index in [1.54, 1.807) is 12.1 Å². The van der Waals surface area contributed by atoms with Crippen LogP contribution in [0.3, 0.4) is 0 Å². The number of nitrogens with one attached hydrogen (secondary N) is 1. The highest BCUT2D eigenvalue weighted by Crippen LogP contribution is 2.24. The summed E-state index contributed by atoms with van der Waals surface area (Å²) in [5, 5.41) is 1.85. The van der Waals surface area contributed by atoms with Gasteiger partial charge in [0.05, 0.1) is 11.5 Å². The van der Waals surface area contributed by atoms with Crippen LogP contribution in [0.1, 0.15) is 27.2 Å². The maximum absolute atomic E-state index is 12.3. The van der Waals surface area contributed by atoms with Gasteiger partial charge in [0.1, 0.15) is 5.75 Å². The van der Waals surface area contributed by atoms with Crippen molar-refractivity contribution in [2.75, 3.05) is 13.2 Å². The van der Waals surface area contributed by atoms with E-state index in [0.717, 1.165) is 22.9 Å². The number of fused-ring (bicyclic) bond motifs is 1. The molecule has 0 radical (unpaired) electrons. The topological polar surface area (TPSA) is 55.4 Å². The second kappa shape index (κ2) is 7.11. The molecule has 0 aromatic heterocycles. The van der Waals surface area contributed by atoms with Crippen molar-refractivity contribution in [3.8, 4) is 5.75 Å². The van der Waals surface area contributed by atoms with Gasteiger partial charge in [0.2, 0.25) is 10.0 Å². The molecule has 120 valence electrons. The smallest absolute Gasteiger partial charge is 0.240 e. The van der Waals surface area contributed by atoms with Gasteiger partial charge in [-0.1, -0.05) is 32.9 Å². The molecule has 4 nitrogen and oxygen atoms in total. The Morgan fingerprint density at radius 2 is 1.77 bits per heavy atom. The molecule has 0 aliphatic rings. The molecule has 0 bridgehead atoms. The predicted molar refractivity (Wildman–Crippen MR) is 89.8 cm³/mol. The van der Waals surface area contributed by atoms with E-state index in [0.29, 0.717) is 18.0 Å². The molecule has 2 aromatic carbocycles. The minimum Gasteiger partial charge on any atom is -0.494 e. The molecule has 2 aromatic rings. The van der Waals surface area contributed by atoms with Gasteiger partial charge in [-0.3, -0.25) is 0 Å². The molecular weight excluding hydrogens is 298 g/mol. The summed E-state index contributed by atoms with van der Waals surface area (Å²) in [6.07, 6.45) is 0.955. The Hall–Kier alpha value is -1.59. The zero-order chi connectivity index (χ0) is 16.2. The van der Waals surface area contributed by atoms with Crippen molar-refractivity contribution < 1.29 is 13.2 Å². The van der Waals surface area contributed by atoms with Crippen molar-refractivity contribution in [1.82, 2.24) is 4.72 Å². The first-order valence-electron chi connectivity index (χ1n) is 7.58. The van der Waals surface area contributed by atoms with Crippen LogP contribution >= 0.6 is 0 Å².